The fourth-order valence-corrected chi connectivity index (χ4v) is 5.05. The predicted molar refractivity (Wildman–Crippen MR) is 156 cm³/mol. The highest BCUT2D eigenvalue weighted by Gasteiger charge is 2.29. The third kappa shape index (κ3) is 4.98. The summed E-state index contributed by atoms with van der Waals surface area (Å²) in [6, 6.07) is 11.9. The molecule has 0 aliphatic heterocycles. The SMILES string of the molecule is C=C(C(=O)Nc1ccc(-c2c(-c3cc(F)c(Oc4nccc(C)n4)c(Cl)c3)c3c(N)ncnc3n2C)cc1)C1CC1. The number of nitrogens with two attached hydrogens (primary N) is 1. The van der Waals surface area contributed by atoms with E-state index < -0.39 is 5.82 Å². The number of nitrogens with zero attached hydrogens (tertiary/aromatic N) is 5. The first-order chi connectivity index (χ1) is 19.7. The van der Waals surface area contributed by atoms with E-state index >= 15 is 4.39 Å². The van der Waals surface area contributed by atoms with Gasteiger partial charge in [-0.15, -0.1) is 0 Å². The fraction of sp³-hybridized carbons (Fsp3) is 0.167. The monoisotopic (exact) mass is 569 g/mol. The average Bonchev–Trinajstić information content (AvgIpc) is 3.75. The molecule has 5 aromatic rings. The summed E-state index contributed by atoms with van der Waals surface area (Å²) in [5.41, 5.74) is 11.3. The molecule has 0 radical (unpaired) electrons. The van der Waals surface area contributed by atoms with Crippen LogP contribution in [0, 0.1) is 18.7 Å². The van der Waals surface area contributed by atoms with Gasteiger partial charge < -0.3 is 20.4 Å². The molecular weight excluding hydrogens is 545 g/mol. The second-order valence-electron chi connectivity index (χ2n) is 9.92. The van der Waals surface area contributed by atoms with Crippen molar-refractivity contribution in [2.45, 2.75) is 19.8 Å². The zero-order valence-corrected chi connectivity index (χ0v) is 23.0. The second kappa shape index (κ2) is 10.3. The normalized spacial score (nSPS) is 12.9. The Morgan fingerprint density at radius 2 is 1.90 bits per heavy atom. The number of hydrogen-bond donors (Lipinski definition) is 2. The van der Waals surface area contributed by atoms with Crippen LogP contribution in [0.15, 0.2) is 67.1 Å². The number of halogens is 2. The maximum absolute atomic E-state index is 15.5. The Hall–Kier alpha value is -4.83. The standard InChI is InChI=1S/C30H25ClFN7O2/c1-15-10-11-34-30(37-15)41-26-21(31)12-19(13-22(26)32)23-24-27(33)35-14-36-28(24)39(3)25(23)18-6-8-20(9-7-18)38-29(40)16(2)17-4-5-17/h6-14,17H,2,4-5H2,1,3H3,(H,38,40)(H2,33,35,36). The van der Waals surface area contributed by atoms with Crippen LogP contribution in [0.2, 0.25) is 5.02 Å². The summed E-state index contributed by atoms with van der Waals surface area (Å²) in [4.78, 5) is 29.3. The van der Waals surface area contributed by atoms with E-state index in [1.54, 1.807) is 31.2 Å². The molecule has 1 fully saturated rings. The Morgan fingerprint density at radius 1 is 1.15 bits per heavy atom. The minimum absolute atomic E-state index is 0.0186. The molecule has 3 aromatic heterocycles. The van der Waals surface area contributed by atoms with Crippen LogP contribution in [-0.4, -0.2) is 30.4 Å². The number of aryl methyl sites for hydroxylation is 2. The molecule has 41 heavy (non-hydrogen) atoms. The molecule has 3 heterocycles. The third-order valence-electron chi connectivity index (χ3n) is 7.03. The lowest BCUT2D eigenvalue weighted by Gasteiger charge is -2.13. The van der Waals surface area contributed by atoms with E-state index in [9.17, 15) is 4.79 Å². The summed E-state index contributed by atoms with van der Waals surface area (Å²) < 4.78 is 23.0. The molecule has 0 unspecified atom stereocenters. The molecule has 1 amide bonds. The van der Waals surface area contributed by atoms with E-state index in [0.29, 0.717) is 44.8 Å². The van der Waals surface area contributed by atoms with Gasteiger partial charge in [-0.25, -0.2) is 24.3 Å². The van der Waals surface area contributed by atoms with Crippen LogP contribution < -0.4 is 15.8 Å². The topological polar surface area (TPSA) is 121 Å². The van der Waals surface area contributed by atoms with E-state index in [1.165, 1.54) is 18.6 Å². The minimum Gasteiger partial charge on any atom is -0.420 e. The summed E-state index contributed by atoms with van der Waals surface area (Å²) in [7, 11) is 1.84. The van der Waals surface area contributed by atoms with Gasteiger partial charge in [0.05, 0.1) is 16.1 Å². The van der Waals surface area contributed by atoms with Crippen molar-refractivity contribution in [2.24, 2.45) is 13.0 Å². The smallest absolute Gasteiger partial charge is 0.322 e. The van der Waals surface area contributed by atoms with Crippen molar-refractivity contribution >= 4 is 40.0 Å². The van der Waals surface area contributed by atoms with Gasteiger partial charge in [-0.2, -0.15) is 0 Å². The van der Waals surface area contributed by atoms with E-state index in [2.05, 4.69) is 31.8 Å². The van der Waals surface area contributed by atoms with Gasteiger partial charge in [-0.3, -0.25) is 4.79 Å². The summed E-state index contributed by atoms with van der Waals surface area (Å²) in [6.07, 6.45) is 4.89. The molecule has 9 nitrogen and oxygen atoms in total. The highest BCUT2D eigenvalue weighted by atomic mass is 35.5. The van der Waals surface area contributed by atoms with Gasteiger partial charge in [0.2, 0.25) is 0 Å². The molecule has 0 saturated heterocycles. The van der Waals surface area contributed by atoms with Crippen molar-refractivity contribution < 1.29 is 13.9 Å². The first-order valence-electron chi connectivity index (χ1n) is 12.9. The number of fused-ring (bicyclic) bond motifs is 1. The first-order valence-corrected chi connectivity index (χ1v) is 13.3. The Balaban J connectivity index is 1.43. The summed E-state index contributed by atoms with van der Waals surface area (Å²) in [5.74, 6) is -0.575. The number of rotatable bonds is 7. The van der Waals surface area contributed by atoms with Gasteiger partial charge in [0.1, 0.15) is 17.8 Å². The van der Waals surface area contributed by atoms with Crippen molar-refractivity contribution in [1.82, 2.24) is 24.5 Å². The van der Waals surface area contributed by atoms with E-state index in [-0.39, 0.29) is 34.4 Å². The Morgan fingerprint density at radius 3 is 2.59 bits per heavy atom. The summed E-state index contributed by atoms with van der Waals surface area (Å²) in [6.45, 7) is 5.69. The number of carbonyl (C=O) groups is 1. The number of benzene rings is 2. The molecule has 0 spiro atoms. The molecule has 6 rings (SSSR count). The molecule has 1 saturated carbocycles. The molecular formula is C30H25ClFN7O2. The largest absolute Gasteiger partial charge is 0.420 e. The molecule has 0 atom stereocenters. The maximum atomic E-state index is 15.5. The first kappa shape index (κ1) is 26.4. The fourth-order valence-electron chi connectivity index (χ4n) is 4.80. The van der Waals surface area contributed by atoms with Crippen molar-refractivity contribution in [1.29, 1.82) is 0 Å². The van der Waals surface area contributed by atoms with E-state index in [4.69, 9.17) is 22.1 Å². The number of carbonyl (C=O) groups excluding carboxylic acids is 1. The highest BCUT2D eigenvalue weighted by Crippen LogP contribution is 2.44. The van der Waals surface area contributed by atoms with Crippen LogP contribution in [-0.2, 0) is 11.8 Å². The van der Waals surface area contributed by atoms with Crippen LogP contribution >= 0.6 is 11.6 Å². The molecule has 0 bridgehead atoms. The molecule has 3 N–H and O–H groups in total. The lowest BCUT2D eigenvalue weighted by atomic mass is 9.98. The van der Waals surface area contributed by atoms with Crippen LogP contribution in [0.5, 0.6) is 11.8 Å². The van der Waals surface area contributed by atoms with Gasteiger partial charge in [0.25, 0.3) is 5.91 Å². The van der Waals surface area contributed by atoms with E-state index in [0.717, 1.165) is 18.4 Å². The second-order valence-corrected chi connectivity index (χ2v) is 10.3. The van der Waals surface area contributed by atoms with Crippen LogP contribution in [0.1, 0.15) is 18.5 Å². The Kier molecular flexibility index (Phi) is 6.63. The molecule has 11 heteroatoms. The zero-order chi connectivity index (χ0) is 28.8. The van der Waals surface area contributed by atoms with Gasteiger partial charge in [0, 0.05) is 35.8 Å². The van der Waals surface area contributed by atoms with Crippen LogP contribution in [0.25, 0.3) is 33.4 Å². The Labute approximate surface area is 239 Å². The number of aromatic nitrogens is 5. The van der Waals surface area contributed by atoms with Gasteiger partial charge in [-0.05, 0) is 67.1 Å². The summed E-state index contributed by atoms with van der Waals surface area (Å²) in [5, 5.41) is 3.48. The third-order valence-corrected chi connectivity index (χ3v) is 7.31. The van der Waals surface area contributed by atoms with Crippen molar-refractivity contribution in [3.63, 3.8) is 0 Å². The van der Waals surface area contributed by atoms with Gasteiger partial charge in [0.15, 0.2) is 11.6 Å². The quantitative estimate of drug-likeness (QED) is 0.215. The molecule has 1 aliphatic rings. The molecule has 1 aliphatic carbocycles. The maximum Gasteiger partial charge on any atom is 0.322 e. The number of nitrogens with one attached hydrogen (secondary N) is 1. The zero-order valence-electron chi connectivity index (χ0n) is 22.3. The van der Waals surface area contributed by atoms with Crippen LogP contribution in [0.4, 0.5) is 15.9 Å². The molecule has 2 aromatic carbocycles. The number of nitrogen functional groups attached to an aromatic ring is 1. The lowest BCUT2D eigenvalue weighted by Crippen LogP contribution is -2.14. The van der Waals surface area contributed by atoms with Crippen molar-refractivity contribution in [3.8, 4) is 34.1 Å². The number of anilines is 2. The minimum atomic E-state index is -0.704. The molecule has 206 valence electrons. The summed E-state index contributed by atoms with van der Waals surface area (Å²) >= 11 is 6.55. The number of ether oxygens (including phenoxy) is 1. The van der Waals surface area contributed by atoms with Crippen LogP contribution in [0.3, 0.4) is 0 Å². The van der Waals surface area contributed by atoms with E-state index in [1.807, 2.05) is 23.7 Å². The van der Waals surface area contributed by atoms with Gasteiger partial charge >= 0.3 is 6.01 Å². The Bertz CT molecular complexity index is 1830. The average molecular weight is 570 g/mol. The predicted octanol–water partition coefficient (Wildman–Crippen LogP) is 6.47. The van der Waals surface area contributed by atoms with Gasteiger partial charge in [-0.1, -0.05) is 30.3 Å². The lowest BCUT2D eigenvalue weighted by molar-refractivity contribution is -0.113. The van der Waals surface area contributed by atoms with Crippen molar-refractivity contribution in [2.75, 3.05) is 11.1 Å². The highest BCUT2D eigenvalue weighted by molar-refractivity contribution is 6.32. The number of hydrogen-bond acceptors (Lipinski definition) is 7. The number of amides is 1. The van der Waals surface area contributed by atoms with Crippen molar-refractivity contribution in [3.05, 3.63) is 83.7 Å².